The zero-order chi connectivity index (χ0) is 7.98. The lowest BCUT2D eigenvalue weighted by atomic mass is 10.3. The van der Waals surface area contributed by atoms with Crippen molar-refractivity contribution in [3.05, 3.63) is 11.8 Å². The van der Waals surface area contributed by atoms with E-state index >= 15 is 0 Å². The molecule has 0 saturated carbocycles. The van der Waals surface area contributed by atoms with Crippen molar-refractivity contribution in [2.75, 3.05) is 6.61 Å². The van der Waals surface area contributed by atoms with Gasteiger partial charge in [0, 0.05) is 11.8 Å². The van der Waals surface area contributed by atoms with E-state index in [-0.39, 0.29) is 18.4 Å². The van der Waals surface area contributed by atoms with Gasteiger partial charge in [-0.2, -0.15) is 0 Å². The molecule has 4 heteroatoms. The number of nitrogens with two attached hydrogens (primary N) is 1. The Morgan fingerprint density at radius 3 is 2.45 bits per heavy atom. The van der Waals surface area contributed by atoms with E-state index in [1.165, 1.54) is 6.08 Å². The smallest absolute Gasteiger partial charge is 0.332 e. The molecule has 66 valence electrons. The number of carbonyl (C=O) groups is 1. The SMILES string of the molecule is CCOC(=O)/C=C(/N)CC.Cl. The molecule has 2 N–H and O–H groups in total. The highest BCUT2D eigenvalue weighted by Crippen LogP contribution is 1.91. The minimum absolute atomic E-state index is 0. The van der Waals surface area contributed by atoms with Gasteiger partial charge in [-0.3, -0.25) is 0 Å². The number of rotatable bonds is 3. The van der Waals surface area contributed by atoms with Gasteiger partial charge in [-0.05, 0) is 13.3 Å². The van der Waals surface area contributed by atoms with Crippen molar-refractivity contribution in [2.45, 2.75) is 20.3 Å². The van der Waals surface area contributed by atoms with Crippen LogP contribution in [0.15, 0.2) is 11.8 Å². The van der Waals surface area contributed by atoms with Crippen molar-refractivity contribution in [3.63, 3.8) is 0 Å². The average Bonchev–Trinajstić information content (AvgIpc) is 1.88. The number of allylic oxidation sites excluding steroid dienone is 1. The molecule has 0 heterocycles. The molecule has 0 aromatic heterocycles. The second-order valence-electron chi connectivity index (χ2n) is 1.82. The summed E-state index contributed by atoms with van der Waals surface area (Å²) in [6.07, 6.45) is 1.99. The van der Waals surface area contributed by atoms with Crippen molar-refractivity contribution in [1.29, 1.82) is 0 Å². The Kier molecular flexibility index (Phi) is 8.71. The molecule has 0 aliphatic rings. The Morgan fingerprint density at radius 2 is 2.09 bits per heavy atom. The first-order valence-corrected chi connectivity index (χ1v) is 3.33. The van der Waals surface area contributed by atoms with E-state index in [0.29, 0.717) is 18.7 Å². The first-order chi connectivity index (χ1) is 4.70. The van der Waals surface area contributed by atoms with E-state index in [2.05, 4.69) is 4.74 Å². The largest absolute Gasteiger partial charge is 0.463 e. The van der Waals surface area contributed by atoms with E-state index in [9.17, 15) is 4.79 Å². The van der Waals surface area contributed by atoms with Crippen LogP contribution in [0.1, 0.15) is 20.3 Å². The average molecular weight is 180 g/mol. The van der Waals surface area contributed by atoms with E-state index < -0.39 is 0 Å². The molecule has 0 rings (SSSR count). The molecule has 0 unspecified atom stereocenters. The number of hydrogen-bond acceptors (Lipinski definition) is 3. The van der Waals surface area contributed by atoms with Crippen molar-refractivity contribution in [3.8, 4) is 0 Å². The van der Waals surface area contributed by atoms with Gasteiger partial charge in [-0.25, -0.2) is 4.79 Å². The van der Waals surface area contributed by atoms with Crippen molar-refractivity contribution in [2.24, 2.45) is 5.73 Å². The minimum atomic E-state index is -0.359. The Labute approximate surface area is 73.0 Å². The van der Waals surface area contributed by atoms with E-state index in [1.54, 1.807) is 6.92 Å². The van der Waals surface area contributed by atoms with Crippen LogP contribution in [0.3, 0.4) is 0 Å². The normalized spacial score (nSPS) is 10.2. The Hall–Kier alpha value is -0.700. The Bertz CT molecular complexity index is 145. The molecule has 0 fully saturated rings. The maximum absolute atomic E-state index is 10.6. The molecule has 0 aliphatic heterocycles. The quantitative estimate of drug-likeness (QED) is 0.524. The third-order valence-corrected chi connectivity index (χ3v) is 0.998. The van der Waals surface area contributed by atoms with Crippen LogP contribution in [-0.2, 0) is 9.53 Å². The number of ether oxygens (including phenoxy) is 1. The van der Waals surface area contributed by atoms with Crippen LogP contribution in [-0.4, -0.2) is 12.6 Å². The summed E-state index contributed by atoms with van der Waals surface area (Å²) in [6.45, 7) is 4.03. The van der Waals surface area contributed by atoms with Gasteiger partial charge < -0.3 is 10.5 Å². The molecule has 0 aliphatic carbocycles. The van der Waals surface area contributed by atoms with Crippen LogP contribution >= 0.6 is 12.4 Å². The zero-order valence-corrected chi connectivity index (χ0v) is 7.61. The van der Waals surface area contributed by atoms with Gasteiger partial charge in [-0.15, -0.1) is 12.4 Å². The van der Waals surface area contributed by atoms with Gasteiger partial charge in [0.1, 0.15) is 0 Å². The first-order valence-electron chi connectivity index (χ1n) is 3.33. The molecule has 0 radical (unpaired) electrons. The third kappa shape index (κ3) is 7.19. The maximum atomic E-state index is 10.6. The van der Waals surface area contributed by atoms with Gasteiger partial charge >= 0.3 is 5.97 Å². The molecule has 0 aromatic carbocycles. The fraction of sp³-hybridized carbons (Fsp3) is 0.571. The summed E-state index contributed by atoms with van der Waals surface area (Å²) in [7, 11) is 0. The summed E-state index contributed by atoms with van der Waals surface area (Å²) < 4.78 is 4.62. The van der Waals surface area contributed by atoms with Gasteiger partial charge in [0.05, 0.1) is 6.61 Å². The molecule has 0 amide bonds. The molecule has 3 nitrogen and oxygen atoms in total. The molecular weight excluding hydrogens is 166 g/mol. The fourth-order valence-electron chi connectivity index (χ4n) is 0.437. The summed E-state index contributed by atoms with van der Waals surface area (Å²) in [6, 6.07) is 0. The molecule has 0 atom stereocenters. The van der Waals surface area contributed by atoms with Crippen molar-refractivity contribution < 1.29 is 9.53 Å². The third-order valence-electron chi connectivity index (χ3n) is 0.998. The van der Waals surface area contributed by atoms with Crippen LogP contribution in [0.5, 0.6) is 0 Å². The second kappa shape index (κ2) is 7.41. The maximum Gasteiger partial charge on any atom is 0.332 e. The van der Waals surface area contributed by atoms with Crippen molar-refractivity contribution >= 4 is 18.4 Å². The first kappa shape index (κ1) is 12.9. The topological polar surface area (TPSA) is 52.3 Å². The van der Waals surface area contributed by atoms with E-state index in [1.807, 2.05) is 6.92 Å². The van der Waals surface area contributed by atoms with Crippen LogP contribution in [0.2, 0.25) is 0 Å². The summed E-state index contributed by atoms with van der Waals surface area (Å²) in [5, 5.41) is 0. The summed E-state index contributed by atoms with van der Waals surface area (Å²) in [5.41, 5.74) is 5.92. The monoisotopic (exact) mass is 179 g/mol. The molecule has 0 saturated heterocycles. The van der Waals surface area contributed by atoms with Crippen LogP contribution in [0, 0.1) is 0 Å². The molecule has 0 aromatic rings. The van der Waals surface area contributed by atoms with Crippen molar-refractivity contribution in [1.82, 2.24) is 0 Å². The summed E-state index contributed by atoms with van der Waals surface area (Å²) in [5.74, 6) is -0.359. The molecule has 0 bridgehead atoms. The number of halogens is 1. The highest BCUT2D eigenvalue weighted by atomic mass is 35.5. The Morgan fingerprint density at radius 1 is 1.55 bits per heavy atom. The van der Waals surface area contributed by atoms with Gasteiger partial charge in [0.25, 0.3) is 0 Å². The van der Waals surface area contributed by atoms with Crippen LogP contribution < -0.4 is 5.73 Å². The van der Waals surface area contributed by atoms with Crippen LogP contribution in [0.25, 0.3) is 0 Å². The van der Waals surface area contributed by atoms with Gasteiger partial charge in [0.15, 0.2) is 0 Å². The van der Waals surface area contributed by atoms with Gasteiger partial charge in [-0.1, -0.05) is 6.92 Å². The highest BCUT2D eigenvalue weighted by Gasteiger charge is 1.95. The Balaban J connectivity index is 0. The molecular formula is C7H14ClNO2. The predicted octanol–water partition coefficient (Wildman–Crippen LogP) is 1.22. The standard InChI is InChI=1S/C7H13NO2.ClH/c1-3-6(8)5-7(9)10-4-2;/h5H,3-4,8H2,1-2H3;1H/b6-5+;. The lowest BCUT2D eigenvalue weighted by Crippen LogP contribution is -2.04. The number of hydrogen-bond donors (Lipinski definition) is 1. The van der Waals surface area contributed by atoms with E-state index in [4.69, 9.17) is 5.73 Å². The van der Waals surface area contributed by atoms with Crippen LogP contribution in [0.4, 0.5) is 0 Å². The second-order valence-corrected chi connectivity index (χ2v) is 1.82. The molecule has 0 spiro atoms. The van der Waals surface area contributed by atoms with E-state index in [0.717, 1.165) is 0 Å². The lowest BCUT2D eigenvalue weighted by molar-refractivity contribution is -0.137. The minimum Gasteiger partial charge on any atom is -0.463 e. The zero-order valence-electron chi connectivity index (χ0n) is 6.79. The van der Waals surface area contributed by atoms with Gasteiger partial charge in [0.2, 0.25) is 0 Å². The number of carbonyl (C=O) groups excluding carboxylic acids is 1. The summed E-state index contributed by atoms with van der Waals surface area (Å²) in [4.78, 5) is 10.6. The fourth-order valence-corrected chi connectivity index (χ4v) is 0.437. The highest BCUT2D eigenvalue weighted by molar-refractivity contribution is 5.85. The lowest BCUT2D eigenvalue weighted by Gasteiger charge is -1.96. The number of esters is 1. The predicted molar refractivity (Wildman–Crippen MR) is 46.4 cm³/mol. The summed E-state index contributed by atoms with van der Waals surface area (Å²) >= 11 is 0. The molecule has 11 heavy (non-hydrogen) atoms.